The number of aromatic nitrogens is 1. The first-order chi connectivity index (χ1) is 8.38. The predicted octanol–water partition coefficient (Wildman–Crippen LogP) is 1.48. The average Bonchev–Trinajstić information content (AvgIpc) is 2.59. The van der Waals surface area contributed by atoms with Gasteiger partial charge in [0.1, 0.15) is 5.82 Å². The van der Waals surface area contributed by atoms with Gasteiger partial charge < -0.3 is 4.74 Å². The van der Waals surface area contributed by atoms with Gasteiger partial charge in [0.05, 0.1) is 7.11 Å². The zero-order valence-corrected chi connectivity index (χ0v) is 10.9. The molecule has 5 heteroatoms. The number of rotatable bonds is 1. The minimum absolute atomic E-state index is 0.275. The molecule has 0 bridgehead atoms. The van der Waals surface area contributed by atoms with E-state index in [0.29, 0.717) is 11.4 Å². The third kappa shape index (κ3) is 1.75. The number of fused-ring (bicyclic) bond motifs is 1. The summed E-state index contributed by atoms with van der Waals surface area (Å²) in [5.74, 6) is -1.16. The highest BCUT2D eigenvalue weighted by Crippen LogP contribution is 2.39. The molecule has 0 aromatic carbocycles. The molecule has 0 radical (unpaired) electrons. The van der Waals surface area contributed by atoms with Crippen LogP contribution in [0, 0.1) is 0 Å². The molecule has 1 atom stereocenters. The largest absolute Gasteiger partial charge is 0.468 e. The molecule has 1 aliphatic rings. The Labute approximate surface area is 106 Å². The molecular formula is C13H16N2O3. The van der Waals surface area contributed by atoms with Crippen LogP contribution >= 0.6 is 0 Å². The first kappa shape index (κ1) is 12.5. The zero-order valence-electron chi connectivity index (χ0n) is 10.9. The molecule has 0 saturated carbocycles. The molecule has 0 spiro atoms. The Kier molecular flexibility index (Phi) is 2.84. The van der Waals surface area contributed by atoms with Crippen LogP contribution in [0.15, 0.2) is 18.3 Å². The lowest BCUT2D eigenvalue weighted by Gasteiger charge is -2.31. The summed E-state index contributed by atoms with van der Waals surface area (Å²) in [5.41, 5.74) is 0.187. The maximum absolute atomic E-state index is 12.4. The van der Waals surface area contributed by atoms with Crippen molar-refractivity contribution in [2.75, 3.05) is 12.0 Å². The number of hydrogen-bond donors (Lipinski definition) is 0. The molecule has 1 aromatic rings. The van der Waals surface area contributed by atoms with Gasteiger partial charge in [0, 0.05) is 17.3 Å². The van der Waals surface area contributed by atoms with E-state index in [1.807, 2.05) is 20.8 Å². The molecule has 18 heavy (non-hydrogen) atoms. The second kappa shape index (κ2) is 4.08. The van der Waals surface area contributed by atoms with Crippen LogP contribution < -0.4 is 4.90 Å². The molecule has 0 aliphatic carbocycles. The number of carbonyl (C=O) groups excluding carboxylic acids is 2. The normalized spacial score (nSPS) is 18.8. The van der Waals surface area contributed by atoms with Gasteiger partial charge in [0.15, 0.2) is 5.92 Å². The number of nitrogens with zero attached hydrogens (tertiary/aromatic N) is 2. The van der Waals surface area contributed by atoms with Crippen LogP contribution in [0.3, 0.4) is 0 Å². The lowest BCUT2D eigenvalue weighted by atomic mass is 10.0. The van der Waals surface area contributed by atoms with Gasteiger partial charge in [-0.2, -0.15) is 0 Å². The van der Waals surface area contributed by atoms with Crippen molar-refractivity contribution in [2.24, 2.45) is 0 Å². The summed E-state index contributed by atoms with van der Waals surface area (Å²) in [4.78, 5) is 29.9. The van der Waals surface area contributed by atoms with Gasteiger partial charge in [0.25, 0.3) is 0 Å². The second-order valence-electron chi connectivity index (χ2n) is 5.22. The number of pyridine rings is 1. The molecule has 5 nitrogen and oxygen atoms in total. The van der Waals surface area contributed by atoms with Crippen LogP contribution in [0.4, 0.5) is 5.82 Å². The number of hydrogen-bond acceptors (Lipinski definition) is 4. The van der Waals surface area contributed by atoms with E-state index in [1.165, 1.54) is 7.11 Å². The predicted molar refractivity (Wildman–Crippen MR) is 66.2 cm³/mol. The van der Waals surface area contributed by atoms with E-state index in [0.717, 1.165) is 0 Å². The third-order valence-electron chi connectivity index (χ3n) is 2.91. The number of anilines is 1. The van der Waals surface area contributed by atoms with Crippen molar-refractivity contribution >= 4 is 17.7 Å². The summed E-state index contributed by atoms with van der Waals surface area (Å²) in [6.45, 7) is 5.72. The van der Waals surface area contributed by atoms with E-state index in [4.69, 9.17) is 4.74 Å². The SMILES string of the molecule is COC(=O)[C@@H]1C(=O)N(C(C)(C)C)c2ncccc21. The molecule has 0 saturated heterocycles. The molecule has 2 rings (SSSR count). The van der Waals surface area contributed by atoms with Crippen molar-refractivity contribution < 1.29 is 14.3 Å². The standard InChI is InChI=1S/C13H16N2O3/c1-13(2,3)15-10-8(6-5-7-14-10)9(11(15)16)12(17)18-4/h5-7,9H,1-4H3/t9-/m0/s1. The van der Waals surface area contributed by atoms with Crippen molar-refractivity contribution in [1.29, 1.82) is 0 Å². The Morgan fingerprint density at radius 3 is 2.67 bits per heavy atom. The molecule has 1 amide bonds. The first-order valence-electron chi connectivity index (χ1n) is 5.74. The Hall–Kier alpha value is -1.91. The highest BCUT2D eigenvalue weighted by Gasteiger charge is 2.47. The van der Waals surface area contributed by atoms with Crippen LogP contribution in [0.5, 0.6) is 0 Å². The highest BCUT2D eigenvalue weighted by molar-refractivity contribution is 6.16. The number of methoxy groups -OCH3 is 1. The van der Waals surface area contributed by atoms with Crippen LogP contribution in [-0.4, -0.2) is 29.5 Å². The minimum atomic E-state index is -0.891. The molecule has 0 fully saturated rings. The fraction of sp³-hybridized carbons (Fsp3) is 0.462. The van der Waals surface area contributed by atoms with Crippen molar-refractivity contribution in [1.82, 2.24) is 4.98 Å². The molecular weight excluding hydrogens is 232 g/mol. The van der Waals surface area contributed by atoms with E-state index in [9.17, 15) is 9.59 Å². The van der Waals surface area contributed by atoms with Gasteiger partial charge >= 0.3 is 5.97 Å². The first-order valence-corrected chi connectivity index (χ1v) is 5.74. The van der Waals surface area contributed by atoms with E-state index in [2.05, 4.69) is 4.98 Å². The molecule has 2 heterocycles. The minimum Gasteiger partial charge on any atom is -0.468 e. The number of ether oxygens (including phenoxy) is 1. The molecule has 1 aromatic heterocycles. The van der Waals surface area contributed by atoms with Gasteiger partial charge in [0.2, 0.25) is 5.91 Å². The molecule has 0 N–H and O–H groups in total. The lowest BCUT2D eigenvalue weighted by molar-refractivity contribution is -0.145. The maximum atomic E-state index is 12.4. The van der Waals surface area contributed by atoms with Crippen LogP contribution in [0.25, 0.3) is 0 Å². The van der Waals surface area contributed by atoms with Gasteiger partial charge in [-0.05, 0) is 26.8 Å². The summed E-state index contributed by atoms with van der Waals surface area (Å²) in [5, 5.41) is 0. The van der Waals surface area contributed by atoms with Crippen LogP contribution in [-0.2, 0) is 14.3 Å². The second-order valence-corrected chi connectivity index (χ2v) is 5.22. The summed E-state index contributed by atoms with van der Waals surface area (Å²) >= 11 is 0. The monoisotopic (exact) mass is 248 g/mol. The molecule has 1 aliphatic heterocycles. The van der Waals surface area contributed by atoms with Gasteiger partial charge in [-0.3, -0.25) is 14.5 Å². The fourth-order valence-corrected chi connectivity index (χ4v) is 2.18. The number of esters is 1. The molecule has 0 unspecified atom stereocenters. The summed E-state index contributed by atoms with van der Waals surface area (Å²) in [7, 11) is 1.28. The van der Waals surface area contributed by atoms with E-state index >= 15 is 0 Å². The lowest BCUT2D eigenvalue weighted by Crippen LogP contribution is -2.45. The number of amides is 1. The maximum Gasteiger partial charge on any atom is 0.322 e. The van der Waals surface area contributed by atoms with Crippen LogP contribution in [0.1, 0.15) is 32.3 Å². The van der Waals surface area contributed by atoms with Crippen molar-refractivity contribution in [2.45, 2.75) is 32.2 Å². The summed E-state index contributed by atoms with van der Waals surface area (Å²) in [6.07, 6.45) is 1.62. The summed E-state index contributed by atoms with van der Waals surface area (Å²) < 4.78 is 4.71. The molecule has 96 valence electrons. The highest BCUT2D eigenvalue weighted by atomic mass is 16.5. The van der Waals surface area contributed by atoms with E-state index in [-0.39, 0.29) is 5.91 Å². The van der Waals surface area contributed by atoms with E-state index < -0.39 is 17.4 Å². The Bertz CT molecular complexity index is 505. The van der Waals surface area contributed by atoms with Crippen molar-refractivity contribution in [3.05, 3.63) is 23.9 Å². The van der Waals surface area contributed by atoms with Gasteiger partial charge in [-0.25, -0.2) is 4.98 Å². The number of carbonyl (C=O) groups is 2. The van der Waals surface area contributed by atoms with Crippen molar-refractivity contribution in [3.63, 3.8) is 0 Å². The van der Waals surface area contributed by atoms with E-state index in [1.54, 1.807) is 23.2 Å². The quantitative estimate of drug-likeness (QED) is 0.558. The topological polar surface area (TPSA) is 59.5 Å². The smallest absolute Gasteiger partial charge is 0.322 e. The Balaban J connectivity index is 2.57. The van der Waals surface area contributed by atoms with Gasteiger partial charge in [-0.15, -0.1) is 0 Å². The van der Waals surface area contributed by atoms with Gasteiger partial charge in [-0.1, -0.05) is 6.07 Å². The zero-order chi connectivity index (χ0) is 13.5. The van der Waals surface area contributed by atoms with Crippen LogP contribution in [0.2, 0.25) is 0 Å². The third-order valence-corrected chi connectivity index (χ3v) is 2.91. The Morgan fingerprint density at radius 2 is 2.11 bits per heavy atom. The van der Waals surface area contributed by atoms with Crippen molar-refractivity contribution in [3.8, 4) is 0 Å². The summed E-state index contributed by atoms with van der Waals surface area (Å²) in [6, 6.07) is 3.46. The Morgan fingerprint density at radius 1 is 1.44 bits per heavy atom. The fourth-order valence-electron chi connectivity index (χ4n) is 2.18. The average molecular weight is 248 g/mol.